The average Bonchev–Trinajstić information content (AvgIpc) is 2.88. The summed E-state index contributed by atoms with van der Waals surface area (Å²) in [5, 5.41) is 43.6. The van der Waals surface area contributed by atoms with Crippen molar-refractivity contribution in [3.8, 4) is 11.3 Å². The highest BCUT2D eigenvalue weighted by Gasteiger charge is 2.61. The lowest BCUT2D eigenvalue weighted by Gasteiger charge is -2.66. The molecule has 4 rings (SSSR count). The van der Waals surface area contributed by atoms with E-state index in [4.69, 9.17) is 10.1 Å². The molecule has 204 valence electrons. The molecular formula is C23H31B7N6O5. The van der Waals surface area contributed by atoms with Gasteiger partial charge in [0, 0.05) is 40.3 Å². The molecule has 1 aliphatic heterocycles. The molecule has 1 aliphatic rings. The molecule has 11 nitrogen and oxygen atoms in total. The van der Waals surface area contributed by atoms with Crippen molar-refractivity contribution in [2.24, 2.45) is 0 Å². The zero-order chi connectivity index (χ0) is 30.4. The van der Waals surface area contributed by atoms with Crippen LogP contribution in [0, 0.1) is 5.41 Å². The van der Waals surface area contributed by atoms with Gasteiger partial charge in [-0.1, -0.05) is 12.1 Å². The Morgan fingerprint density at radius 3 is 2.20 bits per heavy atom. The van der Waals surface area contributed by atoms with Crippen molar-refractivity contribution in [3.63, 3.8) is 0 Å². The van der Waals surface area contributed by atoms with Gasteiger partial charge in [-0.15, -0.1) is 0 Å². The molecule has 0 radical (unpaired) electrons. The highest BCUT2D eigenvalue weighted by atomic mass is 16.7. The summed E-state index contributed by atoms with van der Waals surface area (Å²) >= 11 is 0. The molecule has 6 N–H and O–H groups in total. The van der Waals surface area contributed by atoms with E-state index in [0.717, 1.165) is 11.8 Å². The summed E-state index contributed by atoms with van der Waals surface area (Å²) in [4.78, 5) is 23.0. The molecule has 1 aromatic heterocycles. The van der Waals surface area contributed by atoms with E-state index in [0.29, 0.717) is 28.6 Å². The van der Waals surface area contributed by atoms with Gasteiger partial charge >= 0.3 is 0 Å². The first kappa shape index (κ1) is 30.5. The van der Waals surface area contributed by atoms with E-state index in [2.05, 4.69) is 20.6 Å². The second kappa shape index (κ2) is 10.4. The lowest BCUT2D eigenvalue weighted by atomic mass is 9.37. The summed E-state index contributed by atoms with van der Waals surface area (Å²) in [5.41, 5.74) is -2.13. The van der Waals surface area contributed by atoms with Gasteiger partial charge < -0.3 is 41.0 Å². The molecule has 1 fully saturated rings. The quantitative estimate of drug-likeness (QED) is 0.0960. The number of morpholine rings is 1. The maximum absolute atomic E-state index is 12.3. The zero-order valence-electron chi connectivity index (χ0n) is 24.4. The van der Waals surface area contributed by atoms with E-state index < -0.39 is 33.6 Å². The van der Waals surface area contributed by atoms with E-state index in [1.807, 2.05) is 55.7 Å². The predicted octanol–water partition coefficient (Wildman–Crippen LogP) is -6.22. The van der Waals surface area contributed by atoms with Crippen molar-refractivity contribution in [2.45, 2.75) is 27.7 Å². The van der Waals surface area contributed by atoms with Gasteiger partial charge in [0.05, 0.1) is 5.69 Å². The van der Waals surface area contributed by atoms with E-state index >= 15 is 0 Å². The molecule has 3 atom stereocenters. The van der Waals surface area contributed by atoms with E-state index in [-0.39, 0.29) is 0 Å². The van der Waals surface area contributed by atoms with Crippen LogP contribution in [0.5, 0.6) is 0 Å². The highest BCUT2D eigenvalue weighted by Crippen LogP contribution is 2.43. The molecule has 41 heavy (non-hydrogen) atoms. The topological polar surface area (TPSA) is 164 Å². The minimum absolute atomic E-state index is 0.329. The van der Waals surface area contributed by atoms with Crippen LogP contribution in [0.3, 0.4) is 0 Å². The molecule has 1 saturated heterocycles. The zero-order valence-corrected chi connectivity index (χ0v) is 24.4. The number of ether oxygens (including phenoxy) is 1. The molecule has 0 bridgehead atoms. The Labute approximate surface area is 245 Å². The summed E-state index contributed by atoms with van der Waals surface area (Å²) in [7, 11) is 12.0. The Bertz CT molecular complexity index is 1430. The number of carbonyl (C=O) groups is 1. The van der Waals surface area contributed by atoms with Crippen molar-refractivity contribution in [3.05, 3.63) is 66.4 Å². The first-order chi connectivity index (χ1) is 18.9. The van der Waals surface area contributed by atoms with Crippen LogP contribution in [0.25, 0.3) is 11.3 Å². The van der Waals surface area contributed by atoms with Crippen LogP contribution in [0.1, 0.15) is 10.4 Å². The van der Waals surface area contributed by atoms with Gasteiger partial charge in [0.1, 0.15) is 42.6 Å². The number of anilines is 3. The average molecular weight is 547 g/mol. The SMILES string of the molecule is BC(O)(C=N)NC(=O)c1ccc(-c2ccnc(Nc3ccc(N4C(B)(B)C(B)(B)OC(B)(O)C4(B)O)cc3)n2)cc1. The Morgan fingerprint density at radius 1 is 1.00 bits per heavy atom. The van der Waals surface area contributed by atoms with Crippen molar-refractivity contribution < 1.29 is 24.9 Å². The summed E-state index contributed by atoms with van der Waals surface area (Å²) < 4.78 is 5.93. The van der Waals surface area contributed by atoms with Gasteiger partial charge in [0.2, 0.25) is 5.95 Å². The van der Waals surface area contributed by atoms with Gasteiger partial charge in [-0.2, -0.15) is 0 Å². The highest BCUT2D eigenvalue weighted by molar-refractivity contribution is 6.56. The fraction of sp³-hybridized carbons (Fsp3) is 0.217. The smallest absolute Gasteiger partial charge is 0.253 e. The fourth-order valence-corrected chi connectivity index (χ4v) is 4.85. The molecule has 3 aromatic rings. The van der Waals surface area contributed by atoms with Crippen LogP contribution >= 0.6 is 0 Å². The van der Waals surface area contributed by atoms with E-state index in [9.17, 15) is 20.1 Å². The third kappa shape index (κ3) is 5.83. The van der Waals surface area contributed by atoms with Crippen LogP contribution in [0.4, 0.5) is 17.3 Å². The number of benzene rings is 2. The molecule has 1 amide bonds. The third-order valence-electron chi connectivity index (χ3n) is 7.93. The van der Waals surface area contributed by atoms with Crippen LogP contribution in [0.15, 0.2) is 60.8 Å². The number of aliphatic hydroxyl groups is 3. The Hall–Kier alpha value is -3.45. The maximum atomic E-state index is 12.3. The summed E-state index contributed by atoms with van der Waals surface area (Å²) in [6, 6.07) is 15.8. The molecular weight excluding hydrogens is 516 g/mol. The number of aromatic nitrogens is 2. The van der Waals surface area contributed by atoms with Crippen molar-refractivity contribution in [1.29, 1.82) is 5.41 Å². The number of amides is 1. The third-order valence-corrected chi connectivity index (χ3v) is 7.93. The second-order valence-electron chi connectivity index (χ2n) is 11.8. The van der Waals surface area contributed by atoms with Gasteiger partial charge in [0.25, 0.3) is 5.91 Å². The number of hydrogen-bond acceptors (Lipinski definition) is 10. The Balaban J connectivity index is 1.53. The number of rotatable bonds is 7. The van der Waals surface area contributed by atoms with E-state index in [1.54, 1.807) is 41.4 Å². The molecule has 2 heterocycles. The van der Waals surface area contributed by atoms with Crippen LogP contribution < -0.4 is 15.5 Å². The first-order valence-corrected chi connectivity index (χ1v) is 13.2. The van der Waals surface area contributed by atoms with E-state index in [1.165, 1.54) is 23.5 Å². The van der Waals surface area contributed by atoms with Crippen molar-refractivity contribution in [1.82, 2.24) is 15.3 Å². The lowest BCUT2D eigenvalue weighted by molar-refractivity contribution is -0.259. The largest absolute Gasteiger partial charge is 0.375 e. The first-order valence-electron chi connectivity index (χ1n) is 13.2. The van der Waals surface area contributed by atoms with Crippen LogP contribution in [0.2, 0.25) is 0 Å². The van der Waals surface area contributed by atoms with Gasteiger partial charge in [-0.3, -0.25) is 4.79 Å². The van der Waals surface area contributed by atoms with Crippen LogP contribution in [-0.4, -0.2) is 120 Å². The van der Waals surface area contributed by atoms with Gasteiger partial charge in [0.15, 0.2) is 29.2 Å². The minimum Gasteiger partial charge on any atom is -0.375 e. The lowest BCUT2D eigenvalue weighted by Crippen LogP contribution is -2.86. The molecule has 0 aliphatic carbocycles. The van der Waals surface area contributed by atoms with Crippen molar-refractivity contribution in [2.75, 3.05) is 10.2 Å². The molecule has 0 saturated carbocycles. The standard InChI is InChI=1S/C23H31B7N6O5/c24-19(38,11-31)35-17(37)13-3-1-12(2-4-13)16-9-10-32-18(34-16)33-14-5-7-15(8-6-14)36-20(25,26)21(27,28)41-23(30,40)22(36,29)39/h1-11,31,38-40H,24-30H2,(H,35,37)(H,32,33,34). The monoisotopic (exact) mass is 548 g/mol. The maximum Gasteiger partial charge on any atom is 0.253 e. The second-order valence-corrected chi connectivity index (χ2v) is 11.8. The van der Waals surface area contributed by atoms with Gasteiger partial charge in [-0.25, -0.2) is 9.97 Å². The predicted molar refractivity (Wildman–Crippen MR) is 177 cm³/mol. The molecule has 2 aromatic carbocycles. The normalized spacial score (nSPS) is 24.5. The molecule has 0 spiro atoms. The number of nitrogens with zero attached hydrogens (tertiary/aromatic N) is 3. The number of hydrogen-bond donors (Lipinski definition) is 6. The number of carbonyl (C=O) groups excluding carboxylic acids is 1. The summed E-state index contributed by atoms with van der Waals surface area (Å²) in [6.45, 7) is 0. The van der Waals surface area contributed by atoms with Crippen LogP contribution in [-0.2, 0) is 4.74 Å². The fourth-order valence-electron chi connectivity index (χ4n) is 4.85. The summed E-state index contributed by atoms with van der Waals surface area (Å²) in [5.74, 6) is -0.144. The Morgan fingerprint density at radius 2 is 1.61 bits per heavy atom. The summed E-state index contributed by atoms with van der Waals surface area (Å²) in [6.07, 6.45) is 2.37. The van der Waals surface area contributed by atoms with Gasteiger partial charge in [-0.05, 0) is 47.8 Å². The molecule has 3 unspecified atom stereocenters. The minimum atomic E-state index is -1.82. The Kier molecular flexibility index (Phi) is 7.76. The number of nitrogens with one attached hydrogen (secondary N) is 3. The van der Waals surface area contributed by atoms with Crippen molar-refractivity contribution >= 4 is 84.4 Å². The molecule has 18 heteroatoms.